The van der Waals surface area contributed by atoms with E-state index in [-0.39, 0.29) is 12.1 Å². The summed E-state index contributed by atoms with van der Waals surface area (Å²) in [6.07, 6.45) is 4.13. The number of nitrogens with zero attached hydrogens (tertiary/aromatic N) is 1. The second-order valence-corrected chi connectivity index (χ2v) is 5.57. The number of carboxylic acids is 1. The van der Waals surface area contributed by atoms with E-state index in [1.807, 2.05) is 35.0 Å². The van der Waals surface area contributed by atoms with Crippen LogP contribution in [0.1, 0.15) is 52.9 Å². The third-order valence-corrected chi connectivity index (χ3v) is 2.99. The quantitative estimate of drug-likeness (QED) is 0.556. The number of carbonyl (C=O) groups excluding carboxylic acids is 1. The molecular formula is C14H31NO3. The largest absolute Gasteiger partial charge is 0.550 e. The first kappa shape index (κ1) is 19.7. The zero-order valence-corrected chi connectivity index (χ0v) is 12.9. The van der Waals surface area contributed by atoms with E-state index in [1.54, 1.807) is 0 Å². The second-order valence-electron chi connectivity index (χ2n) is 5.57. The molecule has 0 aromatic rings. The number of rotatable bonds is 7. The molecule has 1 N–H and O–H groups in total. The van der Waals surface area contributed by atoms with Crippen molar-refractivity contribution in [1.29, 1.82) is 0 Å². The first-order valence-electron chi connectivity index (χ1n) is 6.90. The van der Waals surface area contributed by atoms with E-state index in [2.05, 4.69) is 6.92 Å². The molecule has 0 aliphatic heterocycles. The van der Waals surface area contributed by atoms with Crippen LogP contribution < -0.4 is 5.11 Å². The Kier molecular flexibility index (Phi) is 11.3. The molecule has 0 spiro atoms. The molecule has 0 aromatic heterocycles. The van der Waals surface area contributed by atoms with E-state index in [1.165, 1.54) is 0 Å². The van der Waals surface area contributed by atoms with Gasteiger partial charge in [-0.3, -0.25) is 0 Å². The topological polar surface area (TPSA) is 60.4 Å². The van der Waals surface area contributed by atoms with Crippen LogP contribution in [0.2, 0.25) is 0 Å². The van der Waals surface area contributed by atoms with Crippen molar-refractivity contribution in [2.45, 2.75) is 59.1 Å². The number of aliphatic hydroxyl groups excluding tert-OH is 1. The number of aliphatic hydroxyl groups is 1. The summed E-state index contributed by atoms with van der Waals surface area (Å²) in [7, 11) is 5.94. The molecule has 2 unspecified atom stereocenters. The minimum atomic E-state index is -0.893. The Morgan fingerprint density at radius 3 is 1.83 bits per heavy atom. The lowest BCUT2D eigenvalue weighted by Crippen LogP contribution is -2.44. The average Bonchev–Trinajstić information content (AvgIpc) is 2.28. The molecule has 0 amide bonds. The molecule has 0 bridgehead atoms. The number of quaternary nitrogens is 1. The Hall–Kier alpha value is -0.610. The number of hydrogen-bond acceptors (Lipinski definition) is 3. The summed E-state index contributed by atoms with van der Waals surface area (Å²) in [5.41, 5.74) is 0. The number of hydrogen-bond donors (Lipinski definition) is 1. The van der Waals surface area contributed by atoms with Crippen molar-refractivity contribution in [2.75, 3.05) is 21.1 Å². The van der Waals surface area contributed by atoms with Crippen LogP contribution in [0.4, 0.5) is 0 Å². The van der Waals surface area contributed by atoms with Crippen molar-refractivity contribution >= 4 is 5.97 Å². The molecule has 110 valence electrons. The van der Waals surface area contributed by atoms with Gasteiger partial charge in [-0.1, -0.05) is 33.6 Å². The van der Waals surface area contributed by atoms with Crippen molar-refractivity contribution in [3.8, 4) is 0 Å². The third-order valence-electron chi connectivity index (χ3n) is 2.99. The molecule has 4 nitrogen and oxygen atoms in total. The van der Waals surface area contributed by atoms with Crippen LogP contribution in [0.5, 0.6) is 0 Å². The first-order chi connectivity index (χ1) is 8.20. The first-order valence-corrected chi connectivity index (χ1v) is 6.90. The van der Waals surface area contributed by atoms with Crippen LogP contribution in [0.15, 0.2) is 0 Å². The van der Waals surface area contributed by atoms with E-state index in [0.29, 0.717) is 10.9 Å². The lowest BCUT2D eigenvalue weighted by Gasteiger charge is -2.28. The third kappa shape index (κ3) is 10.5. The summed E-state index contributed by atoms with van der Waals surface area (Å²) in [5.74, 6) is -1.11. The highest BCUT2D eigenvalue weighted by Crippen LogP contribution is 2.10. The number of aliphatic carboxylic acids is 1. The SMILES string of the molecule is CCC(O)[N+](C)(C)C.CCCCC(CC)C(=O)[O-]. The van der Waals surface area contributed by atoms with Gasteiger partial charge in [-0.05, 0) is 18.8 Å². The van der Waals surface area contributed by atoms with Crippen LogP contribution in [0.3, 0.4) is 0 Å². The van der Waals surface area contributed by atoms with E-state index in [9.17, 15) is 9.90 Å². The van der Waals surface area contributed by atoms with Crippen molar-refractivity contribution in [3.63, 3.8) is 0 Å². The minimum Gasteiger partial charge on any atom is -0.550 e. The van der Waals surface area contributed by atoms with Crippen LogP contribution in [0, 0.1) is 5.92 Å². The lowest BCUT2D eigenvalue weighted by molar-refractivity contribution is -0.918. The molecule has 0 fully saturated rings. The van der Waals surface area contributed by atoms with Crippen LogP contribution in [-0.2, 0) is 4.79 Å². The fourth-order valence-electron chi connectivity index (χ4n) is 1.49. The Balaban J connectivity index is 0. The maximum atomic E-state index is 10.3. The summed E-state index contributed by atoms with van der Waals surface area (Å²) in [6.45, 7) is 5.92. The van der Waals surface area contributed by atoms with Gasteiger partial charge >= 0.3 is 0 Å². The molecule has 2 atom stereocenters. The smallest absolute Gasteiger partial charge is 0.189 e. The Morgan fingerprint density at radius 2 is 1.67 bits per heavy atom. The predicted molar refractivity (Wildman–Crippen MR) is 72.6 cm³/mol. The monoisotopic (exact) mass is 261 g/mol. The highest BCUT2D eigenvalue weighted by Gasteiger charge is 2.16. The fourth-order valence-corrected chi connectivity index (χ4v) is 1.49. The van der Waals surface area contributed by atoms with Gasteiger partial charge in [-0.15, -0.1) is 0 Å². The van der Waals surface area contributed by atoms with Crippen LogP contribution in [0.25, 0.3) is 0 Å². The zero-order valence-electron chi connectivity index (χ0n) is 12.9. The second kappa shape index (κ2) is 10.3. The van der Waals surface area contributed by atoms with Gasteiger partial charge in [-0.2, -0.15) is 0 Å². The van der Waals surface area contributed by atoms with Crippen molar-refractivity contribution in [1.82, 2.24) is 0 Å². The number of unbranched alkanes of at least 4 members (excludes halogenated alkanes) is 1. The molecule has 0 saturated carbocycles. The van der Waals surface area contributed by atoms with Crippen molar-refractivity contribution < 1.29 is 19.5 Å². The van der Waals surface area contributed by atoms with Gasteiger partial charge in [-0.25, -0.2) is 0 Å². The Labute approximate surface area is 112 Å². The maximum absolute atomic E-state index is 10.3. The summed E-state index contributed by atoms with van der Waals surface area (Å²) in [4.78, 5) is 10.3. The van der Waals surface area contributed by atoms with E-state index in [0.717, 1.165) is 25.7 Å². The van der Waals surface area contributed by atoms with Gasteiger partial charge in [0.15, 0.2) is 6.23 Å². The van der Waals surface area contributed by atoms with Gasteiger partial charge in [0.05, 0.1) is 21.1 Å². The standard InChI is InChI=1S/C8H16O2.C6H16NO/c1-3-5-6-7(4-2)8(9)10;1-5-6(8)7(2,3)4/h7H,3-6H2,1-2H3,(H,9,10);6,8H,5H2,1-4H3/q;+1/p-1. The van der Waals surface area contributed by atoms with Crippen LogP contribution >= 0.6 is 0 Å². The zero-order chi connectivity index (χ0) is 14.8. The van der Waals surface area contributed by atoms with Crippen molar-refractivity contribution in [2.24, 2.45) is 5.92 Å². The molecule has 4 heteroatoms. The minimum absolute atomic E-state index is 0.213. The molecule has 0 rings (SSSR count). The summed E-state index contributed by atoms with van der Waals surface area (Å²) in [6, 6.07) is 0. The molecule has 0 heterocycles. The van der Waals surface area contributed by atoms with Gasteiger partial charge < -0.3 is 19.5 Å². The van der Waals surface area contributed by atoms with Gasteiger partial charge in [0, 0.05) is 12.4 Å². The van der Waals surface area contributed by atoms with Crippen molar-refractivity contribution in [3.05, 3.63) is 0 Å². The summed E-state index contributed by atoms with van der Waals surface area (Å²) >= 11 is 0. The molecule has 18 heavy (non-hydrogen) atoms. The number of carboxylic acid groups (broad SMARTS) is 1. The maximum Gasteiger partial charge on any atom is 0.189 e. The van der Waals surface area contributed by atoms with Gasteiger partial charge in [0.2, 0.25) is 0 Å². The summed E-state index contributed by atoms with van der Waals surface area (Å²) < 4.78 is 0.635. The normalized spacial score (nSPS) is 14.4. The highest BCUT2D eigenvalue weighted by molar-refractivity contribution is 5.67. The predicted octanol–water partition coefficient (Wildman–Crippen LogP) is 1.37. The van der Waals surface area contributed by atoms with Crippen LogP contribution in [-0.4, -0.2) is 42.9 Å². The van der Waals surface area contributed by atoms with Gasteiger partial charge in [0.1, 0.15) is 0 Å². The van der Waals surface area contributed by atoms with E-state index in [4.69, 9.17) is 5.11 Å². The molecule has 0 aliphatic rings. The average molecular weight is 261 g/mol. The van der Waals surface area contributed by atoms with E-state index >= 15 is 0 Å². The highest BCUT2D eigenvalue weighted by atomic mass is 16.4. The summed E-state index contributed by atoms with van der Waals surface area (Å²) in [5, 5.41) is 19.5. The lowest BCUT2D eigenvalue weighted by atomic mass is 10.00. The molecule has 0 aromatic carbocycles. The van der Waals surface area contributed by atoms with E-state index < -0.39 is 5.97 Å². The molecular weight excluding hydrogens is 230 g/mol. The fraction of sp³-hybridized carbons (Fsp3) is 0.929. The molecule has 0 aliphatic carbocycles. The number of carbonyl (C=O) groups is 1. The molecule has 0 radical (unpaired) electrons. The Bertz CT molecular complexity index is 212. The molecule has 0 saturated heterocycles. The Morgan fingerprint density at radius 1 is 1.17 bits per heavy atom. The van der Waals surface area contributed by atoms with Gasteiger partial charge in [0.25, 0.3) is 0 Å².